The Hall–Kier alpha value is -1.60. The van der Waals surface area contributed by atoms with Crippen molar-refractivity contribution in [2.24, 2.45) is 0 Å². The topological polar surface area (TPSA) is 42.1 Å². The second-order valence-electron chi connectivity index (χ2n) is 2.91. The van der Waals surface area contributed by atoms with Crippen molar-refractivity contribution >= 4 is 0 Å². The zero-order valence-electron chi connectivity index (χ0n) is 7.86. The average Bonchev–Trinajstić information content (AvgIpc) is 2.07. The number of hydrogen-bond acceptors (Lipinski definition) is 2. The molecular formula is C8H6F5NO2. The number of ether oxygens (including phenoxy) is 1. The van der Waals surface area contributed by atoms with E-state index in [1.807, 2.05) is 0 Å². The third-order valence-corrected chi connectivity index (χ3v) is 1.66. The highest BCUT2D eigenvalue weighted by molar-refractivity contribution is 5.32. The number of aromatic amines is 1. The Balaban J connectivity index is 3.25. The molecule has 90 valence electrons. The number of hydrogen-bond donors (Lipinski definition) is 1. The Bertz CT molecular complexity index is 437. The molecule has 0 aromatic carbocycles. The molecule has 16 heavy (non-hydrogen) atoms. The van der Waals surface area contributed by atoms with Crippen LogP contribution < -0.4 is 10.3 Å². The summed E-state index contributed by atoms with van der Waals surface area (Å²) in [6, 6.07) is 0.619. The standard InChI is InChI=1S/C8H6F5NO2/c1-3-2-4(16-8(11,12)13)5(6(9)10)14-7(3)15/h2,6H,1H3,(H,14,15). The monoisotopic (exact) mass is 243 g/mol. The van der Waals surface area contributed by atoms with Crippen LogP contribution in [0.2, 0.25) is 0 Å². The summed E-state index contributed by atoms with van der Waals surface area (Å²) in [5.74, 6) is -1.10. The van der Waals surface area contributed by atoms with Gasteiger partial charge < -0.3 is 9.72 Å². The molecule has 8 heteroatoms. The van der Waals surface area contributed by atoms with Crippen LogP contribution in [0.4, 0.5) is 22.0 Å². The molecule has 3 nitrogen and oxygen atoms in total. The highest BCUT2D eigenvalue weighted by Gasteiger charge is 2.33. The van der Waals surface area contributed by atoms with Crippen molar-refractivity contribution in [1.82, 2.24) is 4.98 Å². The largest absolute Gasteiger partial charge is 0.573 e. The lowest BCUT2D eigenvalue weighted by Crippen LogP contribution is -2.21. The van der Waals surface area contributed by atoms with Crippen molar-refractivity contribution in [2.45, 2.75) is 19.7 Å². The molecule has 0 radical (unpaired) electrons. The molecule has 1 aromatic heterocycles. The van der Waals surface area contributed by atoms with Crippen LogP contribution in [0.1, 0.15) is 17.7 Å². The molecule has 0 aliphatic carbocycles. The summed E-state index contributed by atoms with van der Waals surface area (Å²) in [6.07, 6.45) is -8.35. The van der Waals surface area contributed by atoms with Crippen molar-refractivity contribution in [1.29, 1.82) is 0 Å². The zero-order valence-corrected chi connectivity index (χ0v) is 7.86. The average molecular weight is 243 g/mol. The maximum atomic E-state index is 12.3. The van der Waals surface area contributed by atoms with E-state index in [0.717, 1.165) is 0 Å². The number of pyridine rings is 1. The highest BCUT2D eigenvalue weighted by Crippen LogP contribution is 2.30. The molecule has 0 aliphatic rings. The fraction of sp³-hybridized carbons (Fsp3) is 0.375. The van der Waals surface area contributed by atoms with E-state index in [0.29, 0.717) is 6.07 Å². The molecule has 1 aromatic rings. The van der Waals surface area contributed by atoms with E-state index in [1.165, 1.54) is 6.92 Å². The van der Waals surface area contributed by atoms with Gasteiger partial charge in [0.15, 0.2) is 5.75 Å². The molecule has 0 unspecified atom stereocenters. The molecular weight excluding hydrogens is 237 g/mol. The van der Waals surface area contributed by atoms with Gasteiger partial charge in [-0.15, -0.1) is 13.2 Å². The van der Waals surface area contributed by atoms with Crippen LogP contribution in [0.25, 0.3) is 0 Å². The molecule has 0 spiro atoms. The van der Waals surface area contributed by atoms with E-state index >= 15 is 0 Å². The van der Waals surface area contributed by atoms with Crippen molar-refractivity contribution in [3.8, 4) is 5.75 Å². The maximum Gasteiger partial charge on any atom is 0.573 e. The lowest BCUT2D eigenvalue weighted by atomic mass is 10.2. The summed E-state index contributed by atoms with van der Waals surface area (Å²) in [4.78, 5) is 12.6. The molecule has 1 heterocycles. The van der Waals surface area contributed by atoms with Gasteiger partial charge in [-0.2, -0.15) is 0 Å². The van der Waals surface area contributed by atoms with E-state index in [1.54, 1.807) is 4.98 Å². The summed E-state index contributed by atoms with van der Waals surface area (Å²) in [5, 5.41) is 0. The molecule has 1 rings (SSSR count). The molecule has 1 N–H and O–H groups in total. The van der Waals surface area contributed by atoms with Crippen LogP contribution in [0.15, 0.2) is 10.9 Å². The Morgan fingerprint density at radius 2 is 1.94 bits per heavy atom. The first-order valence-electron chi connectivity index (χ1n) is 3.98. The second kappa shape index (κ2) is 4.11. The van der Waals surface area contributed by atoms with Gasteiger partial charge in [0, 0.05) is 5.56 Å². The third kappa shape index (κ3) is 2.94. The van der Waals surface area contributed by atoms with Gasteiger partial charge in [0.1, 0.15) is 5.69 Å². The van der Waals surface area contributed by atoms with Crippen molar-refractivity contribution in [2.75, 3.05) is 0 Å². The summed E-state index contributed by atoms with van der Waals surface area (Å²) in [7, 11) is 0. The second-order valence-corrected chi connectivity index (χ2v) is 2.91. The summed E-state index contributed by atoms with van der Waals surface area (Å²) in [6.45, 7) is 1.18. The van der Waals surface area contributed by atoms with Crippen LogP contribution >= 0.6 is 0 Å². The van der Waals surface area contributed by atoms with Gasteiger partial charge in [0.2, 0.25) is 0 Å². The lowest BCUT2D eigenvalue weighted by Gasteiger charge is -2.12. The normalized spacial score (nSPS) is 11.9. The van der Waals surface area contributed by atoms with Gasteiger partial charge in [0.25, 0.3) is 12.0 Å². The van der Waals surface area contributed by atoms with E-state index < -0.39 is 29.8 Å². The van der Waals surface area contributed by atoms with Gasteiger partial charge in [-0.1, -0.05) is 0 Å². The first kappa shape index (κ1) is 12.5. The molecule has 0 saturated heterocycles. The van der Waals surface area contributed by atoms with Crippen LogP contribution in [0.5, 0.6) is 5.75 Å². The van der Waals surface area contributed by atoms with Gasteiger partial charge in [-0.05, 0) is 13.0 Å². The highest BCUT2D eigenvalue weighted by atomic mass is 19.4. The fourth-order valence-corrected chi connectivity index (χ4v) is 0.994. The predicted molar refractivity (Wildman–Crippen MR) is 43.4 cm³/mol. The number of alkyl halides is 5. The van der Waals surface area contributed by atoms with Crippen LogP contribution in [0.3, 0.4) is 0 Å². The van der Waals surface area contributed by atoms with Gasteiger partial charge in [-0.25, -0.2) is 8.78 Å². The molecule has 0 atom stereocenters. The van der Waals surface area contributed by atoms with Gasteiger partial charge >= 0.3 is 6.36 Å². The first-order valence-corrected chi connectivity index (χ1v) is 3.98. The number of halogens is 5. The number of aromatic nitrogens is 1. The van der Waals surface area contributed by atoms with E-state index in [2.05, 4.69) is 4.74 Å². The van der Waals surface area contributed by atoms with Crippen LogP contribution in [-0.4, -0.2) is 11.3 Å². The fourth-order valence-electron chi connectivity index (χ4n) is 0.994. The molecule has 0 fully saturated rings. The van der Waals surface area contributed by atoms with Gasteiger partial charge in [-0.3, -0.25) is 4.79 Å². The number of nitrogens with one attached hydrogen (secondary N) is 1. The number of aryl methyl sites for hydroxylation is 1. The molecule has 0 amide bonds. The third-order valence-electron chi connectivity index (χ3n) is 1.66. The van der Waals surface area contributed by atoms with Crippen molar-refractivity contribution in [3.63, 3.8) is 0 Å². The van der Waals surface area contributed by atoms with Gasteiger partial charge in [0.05, 0.1) is 0 Å². The van der Waals surface area contributed by atoms with Crippen molar-refractivity contribution < 1.29 is 26.7 Å². The Morgan fingerprint density at radius 1 is 1.38 bits per heavy atom. The molecule has 0 aliphatic heterocycles. The summed E-state index contributed by atoms with van der Waals surface area (Å²) < 4.78 is 63.5. The first-order chi connectivity index (χ1) is 7.20. The minimum absolute atomic E-state index is 0.149. The Kier molecular flexibility index (Phi) is 3.20. The zero-order chi connectivity index (χ0) is 12.5. The quantitative estimate of drug-likeness (QED) is 0.811. The minimum Gasteiger partial charge on any atom is -0.404 e. The Labute approximate surface area is 85.8 Å². The summed E-state index contributed by atoms with van der Waals surface area (Å²) in [5.41, 5.74) is -2.22. The van der Waals surface area contributed by atoms with Crippen LogP contribution in [0, 0.1) is 6.92 Å². The summed E-state index contributed by atoms with van der Waals surface area (Å²) >= 11 is 0. The van der Waals surface area contributed by atoms with E-state index in [4.69, 9.17) is 0 Å². The Morgan fingerprint density at radius 3 is 2.38 bits per heavy atom. The maximum absolute atomic E-state index is 12.3. The smallest absolute Gasteiger partial charge is 0.404 e. The lowest BCUT2D eigenvalue weighted by molar-refractivity contribution is -0.275. The number of rotatable bonds is 2. The van der Waals surface area contributed by atoms with Crippen molar-refractivity contribution in [3.05, 3.63) is 27.7 Å². The SMILES string of the molecule is Cc1cc(OC(F)(F)F)c(C(F)F)[nH]c1=O. The van der Waals surface area contributed by atoms with E-state index in [9.17, 15) is 26.7 Å². The number of H-pyrrole nitrogens is 1. The molecule has 0 bridgehead atoms. The van der Waals surface area contributed by atoms with E-state index in [-0.39, 0.29) is 5.56 Å². The van der Waals surface area contributed by atoms with Crippen LogP contribution in [-0.2, 0) is 0 Å². The predicted octanol–water partition coefficient (Wildman–Crippen LogP) is 2.52. The molecule has 0 saturated carbocycles. The minimum atomic E-state index is -5.09.